The van der Waals surface area contributed by atoms with Crippen LogP contribution in [0.4, 0.5) is 0 Å². The van der Waals surface area contributed by atoms with Gasteiger partial charge in [0.2, 0.25) is 0 Å². The van der Waals surface area contributed by atoms with Crippen molar-refractivity contribution in [3.05, 3.63) is 0 Å². The number of esters is 1. The Hall–Kier alpha value is -0.900. The van der Waals surface area contributed by atoms with Crippen molar-refractivity contribution in [2.24, 2.45) is 0 Å². The Balaban J connectivity index is 3.76. The van der Waals surface area contributed by atoms with E-state index in [0.717, 1.165) is 0 Å². The smallest absolute Gasteiger partial charge is 0.330 e. The fourth-order valence-electron chi connectivity index (χ4n) is 0.473. The van der Waals surface area contributed by atoms with Crippen molar-refractivity contribution in [2.75, 3.05) is 13.7 Å². The summed E-state index contributed by atoms with van der Waals surface area (Å²) in [7, 11) is 1.52. The first-order valence-electron chi connectivity index (χ1n) is 3.05. The summed E-state index contributed by atoms with van der Waals surface area (Å²) in [4.78, 5) is 20.8. The fraction of sp³-hybridized carbons (Fsp3) is 0.667. The van der Waals surface area contributed by atoms with Crippen LogP contribution in [0.5, 0.6) is 0 Å². The molecule has 10 heavy (non-hydrogen) atoms. The van der Waals surface area contributed by atoms with Crippen LogP contribution >= 0.6 is 0 Å². The zero-order valence-corrected chi connectivity index (χ0v) is 6.09. The molecule has 0 aliphatic rings. The molecule has 0 saturated carbocycles. The zero-order valence-electron chi connectivity index (χ0n) is 6.09. The fourth-order valence-corrected chi connectivity index (χ4v) is 0.473. The van der Waals surface area contributed by atoms with Crippen LogP contribution in [-0.4, -0.2) is 32.0 Å². The summed E-state index contributed by atoms with van der Waals surface area (Å²) in [5.74, 6) is -0.528. The standard InChI is InChI=1S/C6H11NO3/c1-3-10-6(9)5(4-8)7-2/h4-5,7H,3H2,1-2H3. The van der Waals surface area contributed by atoms with Gasteiger partial charge in [0, 0.05) is 0 Å². The average molecular weight is 145 g/mol. The Kier molecular flexibility index (Phi) is 4.49. The van der Waals surface area contributed by atoms with Gasteiger partial charge in [-0.2, -0.15) is 0 Å². The summed E-state index contributed by atoms with van der Waals surface area (Å²) in [5.41, 5.74) is 0. The lowest BCUT2D eigenvalue weighted by Gasteiger charge is -2.06. The normalized spacial score (nSPS) is 12.2. The highest BCUT2D eigenvalue weighted by Crippen LogP contribution is 1.83. The van der Waals surface area contributed by atoms with Crippen molar-refractivity contribution >= 4 is 12.3 Å². The molecule has 0 heterocycles. The van der Waals surface area contributed by atoms with Crippen LogP contribution in [0.3, 0.4) is 0 Å². The van der Waals surface area contributed by atoms with Crippen molar-refractivity contribution in [3.63, 3.8) is 0 Å². The Bertz CT molecular complexity index is 124. The number of hydrogen-bond donors (Lipinski definition) is 1. The first-order valence-corrected chi connectivity index (χ1v) is 3.05. The van der Waals surface area contributed by atoms with Gasteiger partial charge in [-0.1, -0.05) is 0 Å². The van der Waals surface area contributed by atoms with Crippen LogP contribution < -0.4 is 5.32 Å². The lowest BCUT2D eigenvalue weighted by atomic mass is 10.3. The minimum Gasteiger partial charge on any atom is -0.464 e. The van der Waals surface area contributed by atoms with E-state index >= 15 is 0 Å². The van der Waals surface area contributed by atoms with Crippen LogP contribution in [0.1, 0.15) is 6.92 Å². The van der Waals surface area contributed by atoms with E-state index in [4.69, 9.17) is 0 Å². The number of rotatable bonds is 4. The van der Waals surface area contributed by atoms with Crippen molar-refractivity contribution in [1.29, 1.82) is 0 Å². The minimum atomic E-state index is -0.819. The molecule has 0 aliphatic carbocycles. The largest absolute Gasteiger partial charge is 0.464 e. The number of ether oxygens (including phenoxy) is 1. The van der Waals surface area contributed by atoms with Gasteiger partial charge in [0.05, 0.1) is 6.61 Å². The molecule has 0 rings (SSSR count). The highest BCUT2D eigenvalue weighted by molar-refractivity contribution is 5.92. The van der Waals surface area contributed by atoms with Crippen molar-refractivity contribution < 1.29 is 14.3 Å². The zero-order chi connectivity index (χ0) is 7.98. The maximum atomic E-state index is 10.7. The van der Waals surface area contributed by atoms with Crippen LogP contribution in [-0.2, 0) is 14.3 Å². The topological polar surface area (TPSA) is 55.4 Å². The summed E-state index contributed by atoms with van der Waals surface area (Å²) >= 11 is 0. The molecule has 0 amide bonds. The van der Waals surface area contributed by atoms with Crippen LogP contribution in [0.25, 0.3) is 0 Å². The third-order valence-electron chi connectivity index (χ3n) is 0.988. The van der Waals surface area contributed by atoms with Gasteiger partial charge in [0.1, 0.15) is 6.29 Å². The molecule has 1 atom stereocenters. The molecular formula is C6H11NO3. The molecule has 4 nitrogen and oxygen atoms in total. The van der Waals surface area contributed by atoms with Crippen LogP contribution in [0, 0.1) is 0 Å². The van der Waals surface area contributed by atoms with Gasteiger partial charge in [0.25, 0.3) is 0 Å². The van der Waals surface area contributed by atoms with Crippen molar-refractivity contribution in [3.8, 4) is 0 Å². The van der Waals surface area contributed by atoms with E-state index in [0.29, 0.717) is 12.9 Å². The van der Waals surface area contributed by atoms with Crippen LogP contribution in [0.15, 0.2) is 0 Å². The van der Waals surface area contributed by atoms with E-state index in [9.17, 15) is 9.59 Å². The van der Waals surface area contributed by atoms with E-state index in [1.807, 2.05) is 0 Å². The Morgan fingerprint density at radius 2 is 2.40 bits per heavy atom. The van der Waals surface area contributed by atoms with Gasteiger partial charge in [-0.25, -0.2) is 4.79 Å². The van der Waals surface area contributed by atoms with E-state index in [1.54, 1.807) is 6.92 Å². The van der Waals surface area contributed by atoms with E-state index in [2.05, 4.69) is 10.1 Å². The first-order chi connectivity index (χ1) is 4.76. The number of likely N-dealkylation sites (N-methyl/N-ethyl adjacent to an activating group) is 1. The Morgan fingerprint density at radius 1 is 1.80 bits per heavy atom. The molecule has 0 aromatic carbocycles. The lowest BCUT2D eigenvalue weighted by Crippen LogP contribution is -2.36. The minimum absolute atomic E-state index is 0.296. The van der Waals surface area contributed by atoms with Crippen LogP contribution in [0.2, 0.25) is 0 Å². The molecule has 4 heteroatoms. The summed E-state index contributed by atoms with van der Waals surface area (Å²) < 4.78 is 4.55. The molecule has 58 valence electrons. The second-order valence-electron chi connectivity index (χ2n) is 1.65. The number of hydrogen-bond acceptors (Lipinski definition) is 4. The quantitative estimate of drug-likeness (QED) is 0.324. The molecule has 0 aromatic heterocycles. The van der Waals surface area contributed by atoms with Crippen molar-refractivity contribution in [1.82, 2.24) is 5.32 Å². The predicted octanol–water partition coefficient (Wildman–Crippen LogP) is -0.664. The predicted molar refractivity (Wildman–Crippen MR) is 35.5 cm³/mol. The molecule has 1 unspecified atom stereocenters. The van der Waals surface area contributed by atoms with Gasteiger partial charge >= 0.3 is 5.97 Å². The third kappa shape index (κ3) is 2.59. The number of carbonyl (C=O) groups is 2. The van der Waals surface area contributed by atoms with Gasteiger partial charge in [0.15, 0.2) is 6.04 Å². The van der Waals surface area contributed by atoms with E-state index in [1.165, 1.54) is 7.05 Å². The van der Waals surface area contributed by atoms with E-state index in [-0.39, 0.29) is 0 Å². The summed E-state index contributed by atoms with van der Waals surface area (Å²) in [5, 5.41) is 2.49. The number of aldehydes is 1. The van der Waals surface area contributed by atoms with Gasteiger partial charge < -0.3 is 14.8 Å². The highest BCUT2D eigenvalue weighted by Gasteiger charge is 2.14. The third-order valence-corrected chi connectivity index (χ3v) is 0.988. The molecule has 0 aromatic rings. The van der Waals surface area contributed by atoms with Gasteiger partial charge in [-0.05, 0) is 14.0 Å². The Morgan fingerprint density at radius 3 is 2.70 bits per heavy atom. The van der Waals surface area contributed by atoms with Gasteiger partial charge in [-0.15, -0.1) is 0 Å². The van der Waals surface area contributed by atoms with E-state index < -0.39 is 12.0 Å². The summed E-state index contributed by atoms with van der Waals surface area (Å²) in [6.45, 7) is 1.99. The maximum Gasteiger partial charge on any atom is 0.330 e. The first kappa shape index (κ1) is 9.10. The van der Waals surface area contributed by atoms with Crippen molar-refractivity contribution in [2.45, 2.75) is 13.0 Å². The highest BCUT2D eigenvalue weighted by atomic mass is 16.5. The molecule has 0 aliphatic heterocycles. The maximum absolute atomic E-state index is 10.7. The molecule has 0 fully saturated rings. The monoisotopic (exact) mass is 145 g/mol. The molecular weight excluding hydrogens is 134 g/mol. The van der Waals surface area contributed by atoms with Gasteiger partial charge in [-0.3, -0.25) is 0 Å². The second kappa shape index (κ2) is 4.93. The number of carbonyl (C=O) groups excluding carboxylic acids is 2. The SMILES string of the molecule is CCOC(=O)C(C=O)NC. The molecule has 0 saturated heterocycles. The molecule has 0 radical (unpaired) electrons. The number of nitrogens with one attached hydrogen (secondary N) is 1. The Labute approximate surface area is 59.6 Å². The summed E-state index contributed by atoms with van der Waals surface area (Å²) in [6, 6.07) is -0.819. The lowest BCUT2D eigenvalue weighted by molar-refractivity contribution is -0.146. The molecule has 0 spiro atoms. The molecule has 1 N–H and O–H groups in total. The molecule has 0 bridgehead atoms. The second-order valence-corrected chi connectivity index (χ2v) is 1.65. The summed E-state index contributed by atoms with van der Waals surface area (Å²) in [6.07, 6.45) is 0.512. The average Bonchev–Trinajstić information content (AvgIpc) is 1.91.